The molecule has 22 heavy (non-hydrogen) atoms. The van der Waals surface area contributed by atoms with Gasteiger partial charge < -0.3 is 19.7 Å². The number of nitrogens with zero attached hydrogens (tertiary/aromatic N) is 1. The Morgan fingerprint density at radius 3 is 2.82 bits per heavy atom. The third-order valence-corrected chi connectivity index (χ3v) is 4.07. The molecule has 2 aliphatic rings. The molecule has 1 saturated heterocycles. The summed E-state index contributed by atoms with van der Waals surface area (Å²) in [6.45, 7) is 3.98. The summed E-state index contributed by atoms with van der Waals surface area (Å²) in [5, 5.41) is 3.39. The molecule has 1 aromatic carbocycles. The molecule has 1 amide bonds. The summed E-state index contributed by atoms with van der Waals surface area (Å²) >= 11 is 0. The second-order valence-electron chi connectivity index (χ2n) is 5.76. The van der Waals surface area contributed by atoms with Crippen LogP contribution in [0, 0.1) is 5.92 Å². The van der Waals surface area contributed by atoms with Crippen molar-refractivity contribution in [3.05, 3.63) is 23.8 Å². The third kappa shape index (κ3) is 3.84. The number of benzene rings is 1. The van der Waals surface area contributed by atoms with E-state index in [0.29, 0.717) is 30.4 Å². The second kappa shape index (κ2) is 7.70. The van der Waals surface area contributed by atoms with Gasteiger partial charge in [0, 0.05) is 19.2 Å². The van der Waals surface area contributed by atoms with Gasteiger partial charge in [0.2, 0.25) is 0 Å². The van der Waals surface area contributed by atoms with Gasteiger partial charge in [-0.3, -0.25) is 4.79 Å². The molecule has 0 aromatic heterocycles. The first-order chi connectivity index (χ1) is 10.2. The van der Waals surface area contributed by atoms with Gasteiger partial charge >= 0.3 is 0 Å². The van der Waals surface area contributed by atoms with Gasteiger partial charge in [-0.25, -0.2) is 0 Å². The fourth-order valence-corrected chi connectivity index (χ4v) is 2.95. The van der Waals surface area contributed by atoms with E-state index in [1.807, 2.05) is 24.1 Å². The van der Waals surface area contributed by atoms with Crippen molar-refractivity contribution in [2.45, 2.75) is 12.8 Å². The van der Waals surface area contributed by atoms with Crippen LogP contribution in [-0.2, 0) is 0 Å². The molecule has 1 fully saturated rings. The predicted molar refractivity (Wildman–Crippen MR) is 87.2 cm³/mol. The number of halogens is 1. The Bertz CT molecular complexity index is 518. The Labute approximate surface area is 137 Å². The van der Waals surface area contributed by atoms with E-state index in [1.165, 1.54) is 12.8 Å². The summed E-state index contributed by atoms with van der Waals surface area (Å²) in [7, 11) is 1.87. The minimum absolute atomic E-state index is 0. The normalized spacial score (nSPS) is 20.0. The molecule has 0 spiro atoms. The molecule has 2 heterocycles. The molecule has 3 rings (SSSR count). The van der Waals surface area contributed by atoms with E-state index in [-0.39, 0.29) is 18.3 Å². The van der Waals surface area contributed by atoms with Crippen LogP contribution >= 0.6 is 12.4 Å². The zero-order chi connectivity index (χ0) is 14.7. The van der Waals surface area contributed by atoms with Gasteiger partial charge in [0.15, 0.2) is 11.5 Å². The maximum absolute atomic E-state index is 12.5. The molecular formula is C16H23ClN2O3. The second-order valence-corrected chi connectivity index (χ2v) is 5.76. The number of piperidine rings is 1. The highest BCUT2D eigenvalue weighted by Gasteiger charge is 2.21. The fraction of sp³-hybridized carbons (Fsp3) is 0.562. The van der Waals surface area contributed by atoms with E-state index in [4.69, 9.17) is 9.47 Å². The van der Waals surface area contributed by atoms with Crippen LogP contribution in [0.2, 0.25) is 0 Å². The first-order valence-electron chi connectivity index (χ1n) is 7.60. The number of rotatable bonds is 3. The van der Waals surface area contributed by atoms with Crippen molar-refractivity contribution >= 4 is 18.3 Å². The average molecular weight is 327 g/mol. The first-order valence-corrected chi connectivity index (χ1v) is 7.60. The standard InChI is InChI=1S/C16H22N2O3.ClH/c1-18(11-12-3-2-6-17-10-12)16(19)13-4-5-14-15(9-13)21-8-7-20-14;/h4-5,9,12,17H,2-3,6-8,10-11H2,1H3;1H. The molecule has 0 radical (unpaired) electrons. The minimum atomic E-state index is 0. The van der Waals surface area contributed by atoms with Crippen molar-refractivity contribution < 1.29 is 14.3 Å². The molecule has 0 aliphatic carbocycles. The van der Waals surface area contributed by atoms with Crippen molar-refractivity contribution in [2.75, 3.05) is 39.9 Å². The molecule has 1 atom stereocenters. The van der Waals surface area contributed by atoms with Crippen LogP contribution in [0.25, 0.3) is 0 Å². The van der Waals surface area contributed by atoms with E-state index in [0.717, 1.165) is 25.4 Å². The smallest absolute Gasteiger partial charge is 0.253 e. The fourth-order valence-electron chi connectivity index (χ4n) is 2.95. The quantitative estimate of drug-likeness (QED) is 0.922. The van der Waals surface area contributed by atoms with Gasteiger partial charge in [0.05, 0.1) is 0 Å². The van der Waals surface area contributed by atoms with Gasteiger partial charge in [-0.15, -0.1) is 12.4 Å². The van der Waals surface area contributed by atoms with Crippen LogP contribution in [0.4, 0.5) is 0 Å². The number of amides is 1. The van der Waals surface area contributed by atoms with Crippen LogP contribution in [0.15, 0.2) is 18.2 Å². The zero-order valence-electron chi connectivity index (χ0n) is 12.8. The molecule has 1 unspecified atom stereocenters. The highest BCUT2D eigenvalue weighted by atomic mass is 35.5. The van der Waals surface area contributed by atoms with E-state index >= 15 is 0 Å². The van der Waals surface area contributed by atoms with Gasteiger partial charge in [0.25, 0.3) is 5.91 Å². The molecule has 2 aliphatic heterocycles. The Morgan fingerprint density at radius 2 is 2.09 bits per heavy atom. The van der Waals surface area contributed by atoms with Gasteiger partial charge in [0.1, 0.15) is 13.2 Å². The third-order valence-electron chi connectivity index (χ3n) is 4.07. The summed E-state index contributed by atoms with van der Waals surface area (Å²) in [6, 6.07) is 5.41. The van der Waals surface area contributed by atoms with Crippen LogP contribution in [0.1, 0.15) is 23.2 Å². The number of hydrogen-bond donors (Lipinski definition) is 1. The number of hydrogen-bond acceptors (Lipinski definition) is 4. The van der Waals surface area contributed by atoms with Gasteiger partial charge in [-0.2, -0.15) is 0 Å². The lowest BCUT2D eigenvalue weighted by atomic mass is 9.99. The molecule has 5 nitrogen and oxygen atoms in total. The van der Waals surface area contributed by atoms with Crippen molar-refractivity contribution in [1.82, 2.24) is 10.2 Å². The van der Waals surface area contributed by atoms with Crippen LogP contribution < -0.4 is 14.8 Å². The van der Waals surface area contributed by atoms with Gasteiger partial charge in [-0.05, 0) is 50.0 Å². The van der Waals surface area contributed by atoms with Crippen LogP contribution in [0.5, 0.6) is 11.5 Å². The van der Waals surface area contributed by atoms with Crippen molar-refractivity contribution in [2.24, 2.45) is 5.92 Å². The molecule has 1 N–H and O–H groups in total. The molecule has 1 aromatic rings. The Balaban J connectivity index is 0.00000176. The maximum Gasteiger partial charge on any atom is 0.253 e. The van der Waals surface area contributed by atoms with Crippen LogP contribution in [0.3, 0.4) is 0 Å². The van der Waals surface area contributed by atoms with Crippen LogP contribution in [-0.4, -0.2) is 50.7 Å². The number of fused-ring (bicyclic) bond motifs is 1. The first kappa shape index (κ1) is 16.9. The lowest BCUT2D eigenvalue weighted by Gasteiger charge is -2.28. The minimum Gasteiger partial charge on any atom is -0.486 e. The molecular weight excluding hydrogens is 304 g/mol. The highest BCUT2D eigenvalue weighted by Crippen LogP contribution is 2.31. The summed E-state index contributed by atoms with van der Waals surface area (Å²) in [6.07, 6.45) is 2.38. The monoisotopic (exact) mass is 326 g/mol. The maximum atomic E-state index is 12.5. The Morgan fingerprint density at radius 1 is 1.32 bits per heavy atom. The Kier molecular flexibility index (Phi) is 5.91. The summed E-state index contributed by atoms with van der Waals surface area (Å²) in [5.74, 6) is 1.97. The average Bonchev–Trinajstić information content (AvgIpc) is 2.54. The molecule has 122 valence electrons. The number of ether oxygens (including phenoxy) is 2. The molecule has 0 bridgehead atoms. The zero-order valence-corrected chi connectivity index (χ0v) is 13.7. The topological polar surface area (TPSA) is 50.8 Å². The van der Waals surface area contributed by atoms with Crippen molar-refractivity contribution in [3.8, 4) is 11.5 Å². The molecule has 6 heteroatoms. The summed E-state index contributed by atoms with van der Waals surface area (Å²) in [4.78, 5) is 14.3. The largest absolute Gasteiger partial charge is 0.486 e. The molecule has 0 saturated carbocycles. The number of carbonyl (C=O) groups excluding carboxylic acids is 1. The number of nitrogens with one attached hydrogen (secondary N) is 1. The SMILES string of the molecule is CN(CC1CCCNC1)C(=O)c1ccc2c(c1)OCCO2.Cl. The summed E-state index contributed by atoms with van der Waals surface area (Å²) < 4.78 is 11.0. The predicted octanol–water partition coefficient (Wildman–Crippen LogP) is 1.95. The van der Waals surface area contributed by atoms with E-state index in [9.17, 15) is 4.79 Å². The van der Waals surface area contributed by atoms with Crippen molar-refractivity contribution in [1.29, 1.82) is 0 Å². The number of carbonyl (C=O) groups is 1. The van der Waals surface area contributed by atoms with E-state index in [1.54, 1.807) is 6.07 Å². The lowest BCUT2D eigenvalue weighted by molar-refractivity contribution is 0.0763. The summed E-state index contributed by atoms with van der Waals surface area (Å²) in [5.41, 5.74) is 0.658. The Hall–Kier alpha value is -1.46. The highest BCUT2D eigenvalue weighted by molar-refractivity contribution is 5.94. The van der Waals surface area contributed by atoms with E-state index < -0.39 is 0 Å². The van der Waals surface area contributed by atoms with Gasteiger partial charge in [-0.1, -0.05) is 0 Å². The van der Waals surface area contributed by atoms with Crippen molar-refractivity contribution in [3.63, 3.8) is 0 Å². The lowest BCUT2D eigenvalue weighted by Crippen LogP contribution is -2.39. The van der Waals surface area contributed by atoms with E-state index in [2.05, 4.69) is 5.32 Å².